The van der Waals surface area contributed by atoms with Crippen molar-refractivity contribution in [3.05, 3.63) is 0 Å². The first-order chi connectivity index (χ1) is 6.39. The number of rotatable bonds is 3. The highest BCUT2D eigenvalue weighted by Gasteiger charge is 2.27. The van der Waals surface area contributed by atoms with E-state index in [0.29, 0.717) is 5.92 Å². The summed E-state index contributed by atoms with van der Waals surface area (Å²) in [5.74, 6) is 0.593. The summed E-state index contributed by atoms with van der Waals surface area (Å²) in [5.41, 5.74) is 0.978. The quantitative estimate of drug-likeness (QED) is 0.535. The predicted octanol–water partition coefficient (Wildman–Crippen LogP) is 1.95. The molecule has 14 heavy (non-hydrogen) atoms. The Labute approximate surface area is 89.3 Å². The third-order valence-corrected chi connectivity index (χ3v) is 3.58. The number of nitrogens with zero attached hydrogens (tertiary/aromatic N) is 1. The van der Waals surface area contributed by atoms with Gasteiger partial charge < -0.3 is 9.29 Å². The molecule has 0 aromatic heterocycles. The van der Waals surface area contributed by atoms with Crippen LogP contribution in [-0.4, -0.2) is 28.2 Å². The van der Waals surface area contributed by atoms with Crippen LogP contribution in [0.3, 0.4) is 0 Å². The van der Waals surface area contributed by atoms with Crippen molar-refractivity contribution in [2.75, 3.05) is 13.2 Å². The van der Waals surface area contributed by atoms with Crippen LogP contribution in [0, 0.1) is 5.92 Å². The van der Waals surface area contributed by atoms with Gasteiger partial charge in [-0.05, 0) is 34.1 Å². The lowest BCUT2D eigenvalue weighted by atomic mass is 10.0. The maximum Gasteiger partial charge on any atom is 0.144 e. The Bertz CT molecular complexity index is 219. The zero-order chi connectivity index (χ0) is 10.8. The molecule has 1 fully saturated rings. The molecule has 82 valence electrons. The van der Waals surface area contributed by atoms with Gasteiger partial charge in [0, 0.05) is 5.92 Å². The summed E-state index contributed by atoms with van der Waals surface area (Å²) in [4.78, 5) is 0. The van der Waals surface area contributed by atoms with Gasteiger partial charge >= 0.3 is 0 Å². The van der Waals surface area contributed by atoms with Crippen LogP contribution in [0.4, 0.5) is 0 Å². The Morgan fingerprint density at radius 1 is 1.50 bits per heavy atom. The van der Waals surface area contributed by atoms with E-state index in [-0.39, 0.29) is 4.75 Å². The maximum atomic E-state index is 11.7. The van der Waals surface area contributed by atoms with Gasteiger partial charge in [0.1, 0.15) is 16.1 Å². The maximum absolute atomic E-state index is 11.7. The molecule has 1 atom stereocenters. The van der Waals surface area contributed by atoms with Gasteiger partial charge in [0.15, 0.2) is 0 Å². The summed E-state index contributed by atoms with van der Waals surface area (Å²) in [5, 5.41) is 0. The molecule has 0 amide bonds. The van der Waals surface area contributed by atoms with E-state index in [1.54, 1.807) is 0 Å². The molecule has 1 aliphatic rings. The van der Waals surface area contributed by atoms with Crippen LogP contribution in [0.15, 0.2) is 4.40 Å². The first-order valence-corrected chi connectivity index (χ1v) is 6.04. The average molecular weight is 217 g/mol. The van der Waals surface area contributed by atoms with Crippen molar-refractivity contribution in [2.45, 2.75) is 38.9 Å². The molecule has 0 N–H and O–H groups in total. The Morgan fingerprint density at radius 2 is 2.07 bits per heavy atom. The van der Waals surface area contributed by atoms with Crippen molar-refractivity contribution in [1.82, 2.24) is 0 Å². The van der Waals surface area contributed by atoms with E-state index >= 15 is 0 Å². The third-order valence-electron chi connectivity index (χ3n) is 2.05. The molecule has 1 heterocycles. The molecule has 0 radical (unpaired) electrons. The van der Waals surface area contributed by atoms with Crippen LogP contribution in [0.1, 0.15) is 34.1 Å². The fourth-order valence-electron chi connectivity index (χ4n) is 1.14. The Kier molecular flexibility index (Phi) is 3.98. The van der Waals surface area contributed by atoms with Gasteiger partial charge in [0.05, 0.1) is 18.9 Å². The van der Waals surface area contributed by atoms with E-state index in [2.05, 4.69) is 4.40 Å². The average Bonchev–Trinajstić information content (AvgIpc) is 1.95. The summed E-state index contributed by atoms with van der Waals surface area (Å²) in [6.07, 6.45) is 0.918. The molecule has 0 spiro atoms. The highest BCUT2D eigenvalue weighted by molar-refractivity contribution is 7.91. The third kappa shape index (κ3) is 3.59. The lowest BCUT2D eigenvalue weighted by Crippen LogP contribution is -2.30. The van der Waals surface area contributed by atoms with Gasteiger partial charge in [-0.3, -0.25) is 0 Å². The largest absolute Gasteiger partial charge is 0.591 e. The van der Waals surface area contributed by atoms with Gasteiger partial charge in [-0.2, -0.15) is 0 Å². The highest BCUT2D eigenvalue weighted by Crippen LogP contribution is 2.20. The van der Waals surface area contributed by atoms with Crippen molar-refractivity contribution in [3.8, 4) is 0 Å². The number of hydrogen-bond donors (Lipinski definition) is 0. The summed E-state index contributed by atoms with van der Waals surface area (Å²) in [6.45, 7) is 9.41. The number of ether oxygens (including phenoxy) is 1. The second-order valence-electron chi connectivity index (χ2n) is 4.80. The first-order valence-electron chi connectivity index (χ1n) is 4.93. The van der Waals surface area contributed by atoms with Gasteiger partial charge in [0.25, 0.3) is 0 Å². The zero-order valence-corrected chi connectivity index (χ0v) is 10.2. The van der Waals surface area contributed by atoms with E-state index in [0.717, 1.165) is 25.3 Å². The molecule has 1 rings (SSSR count). The molecule has 0 aliphatic carbocycles. The zero-order valence-electron chi connectivity index (χ0n) is 9.37. The van der Waals surface area contributed by atoms with Crippen molar-refractivity contribution in [3.63, 3.8) is 0 Å². The molecule has 1 unspecified atom stereocenters. The van der Waals surface area contributed by atoms with E-state index in [1.165, 1.54) is 0 Å². The van der Waals surface area contributed by atoms with Crippen molar-refractivity contribution in [2.24, 2.45) is 10.3 Å². The fraction of sp³-hybridized carbons (Fsp3) is 0.900. The summed E-state index contributed by atoms with van der Waals surface area (Å²) >= 11 is -1.11. The van der Waals surface area contributed by atoms with Crippen molar-refractivity contribution >= 4 is 17.1 Å². The molecule has 1 aliphatic heterocycles. The summed E-state index contributed by atoms with van der Waals surface area (Å²) in [7, 11) is 0. The topological polar surface area (TPSA) is 44.6 Å². The Morgan fingerprint density at radius 3 is 2.43 bits per heavy atom. The Balaban J connectivity index is 2.41. The Hall–Kier alpha value is -0.0600. The van der Waals surface area contributed by atoms with Gasteiger partial charge in [0.2, 0.25) is 0 Å². The summed E-state index contributed by atoms with van der Waals surface area (Å²) < 4.78 is 20.7. The normalized spacial score (nSPS) is 21.9. The SMILES string of the molecule is C/C(CC1COC1)=N\[S+]([O-])C(C)(C)C. The molecule has 3 nitrogen and oxygen atoms in total. The molecule has 0 bridgehead atoms. The highest BCUT2D eigenvalue weighted by atomic mass is 32.2. The van der Waals surface area contributed by atoms with Gasteiger partial charge in [-0.15, -0.1) is 0 Å². The molecular weight excluding hydrogens is 198 g/mol. The second-order valence-corrected chi connectivity index (χ2v) is 6.70. The molecule has 0 aromatic rings. The minimum atomic E-state index is -1.11. The summed E-state index contributed by atoms with van der Waals surface area (Å²) in [6, 6.07) is 0. The van der Waals surface area contributed by atoms with E-state index < -0.39 is 11.4 Å². The monoisotopic (exact) mass is 217 g/mol. The molecule has 1 saturated heterocycles. The van der Waals surface area contributed by atoms with Gasteiger partial charge in [-0.1, -0.05) is 4.40 Å². The van der Waals surface area contributed by atoms with Crippen LogP contribution >= 0.6 is 0 Å². The van der Waals surface area contributed by atoms with E-state index in [4.69, 9.17) is 4.74 Å². The molecule has 0 aromatic carbocycles. The standard InChI is InChI=1S/C10H19NO2S/c1-8(5-9-6-13-7-9)11-14(12)10(2,3)4/h9H,5-7H2,1-4H3/b11-8+. The smallest absolute Gasteiger partial charge is 0.144 e. The van der Waals surface area contributed by atoms with E-state index in [9.17, 15) is 4.55 Å². The van der Waals surface area contributed by atoms with Crippen molar-refractivity contribution < 1.29 is 9.29 Å². The predicted molar refractivity (Wildman–Crippen MR) is 59.9 cm³/mol. The second kappa shape index (κ2) is 4.64. The lowest BCUT2D eigenvalue weighted by molar-refractivity contribution is -0.0279. The molecular formula is C10H19NO2S. The van der Waals surface area contributed by atoms with Crippen LogP contribution in [-0.2, 0) is 16.1 Å². The van der Waals surface area contributed by atoms with Crippen LogP contribution in [0.25, 0.3) is 0 Å². The van der Waals surface area contributed by atoms with E-state index in [1.807, 2.05) is 27.7 Å². The minimum absolute atomic E-state index is 0.253. The lowest BCUT2D eigenvalue weighted by Gasteiger charge is -2.26. The number of hydrogen-bond acceptors (Lipinski definition) is 3. The fourth-order valence-corrected chi connectivity index (χ4v) is 1.77. The van der Waals surface area contributed by atoms with Crippen LogP contribution in [0.5, 0.6) is 0 Å². The molecule has 0 saturated carbocycles. The first kappa shape index (κ1) is 12.0. The van der Waals surface area contributed by atoms with Crippen molar-refractivity contribution in [1.29, 1.82) is 0 Å². The van der Waals surface area contributed by atoms with Gasteiger partial charge in [-0.25, -0.2) is 0 Å². The minimum Gasteiger partial charge on any atom is -0.591 e. The van der Waals surface area contributed by atoms with Crippen LogP contribution < -0.4 is 0 Å². The molecule has 4 heteroatoms. The van der Waals surface area contributed by atoms with Crippen LogP contribution in [0.2, 0.25) is 0 Å².